The van der Waals surface area contributed by atoms with Crippen LogP contribution in [0.15, 0.2) is 70.0 Å². The lowest BCUT2D eigenvalue weighted by Gasteiger charge is -2.38. The Hall–Kier alpha value is -2.44. The van der Waals surface area contributed by atoms with Crippen molar-refractivity contribution in [3.8, 4) is 11.5 Å². The number of fused-ring (bicyclic) bond motifs is 3. The van der Waals surface area contributed by atoms with E-state index in [2.05, 4.69) is 59.1 Å². The van der Waals surface area contributed by atoms with E-state index in [4.69, 9.17) is 14.6 Å². The summed E-state index contributed by atoms with van der Waals surface area (Å²) < 4.78 is 12.4. The van der Waals surface area contributed by atoms with Crippen molar-refractivity contribution in [3.05, 3.63) is 76.0 Å². The molecule has 0 radical (unpaired) electrons. The number of rotatable bonds is 5. The summed E-state index contributed by atoms with van der Waals surface area (Å²) in [4.78, 5) is 2.46. The van der Waals surface area contributed by atoms with Gasteiger partial charge in [-0.2, -0.15) is 5.10 Å². The zero-order chi connectivity index (χ0) is 19.8. The third-order valence-corrected chi connectivity index (χ3v) is 6.95. The molecule has 0 amide bonds. The predicted molar refractivity (Wildman–Crippen MR) is 119 cm³/mol. The third kappa shape index (κ3) is 3.30. The quantitative estimate of drug-likeness (QED) is 0.465. The molecule has 1 aromatic heterocycles. The maximum atomic E-state index is 6.55. The van der Waals surface area contributed by atoms with Crippen LogP contribution in [0.25, 0.3) is 0 Å². The van der Waals surface area contributed by atoms with Gasteiger partial charge in [-0.05, 0) is 42.8 Å². The smallest absolute Gasteiger partial charge is 0.214 e. The second kappa shape index (κ2) is 7.76. The fraction of sp³-hybridized carbons (Fsp3) is 0.261. The van der Waals surface area contributed by atoms with Crippen LogP contribution in [0, 0.1) is 0 Å². The number of hydrogen-bond acceptors (Lipinski definition) is 6. The maximum absolute atomic E-state index is 6.55. The highest BCUT2D eigenvalue weighted by Crippen LogP contribution is 2.51. The van der Waals surface area contributed by atoms with E-state index < -0.39 is 0 Å². The van der Waals surface area contributed by atoms with Gasteiger partial charge in [0, 0.05) is 22.4 Å². The third-order valence-electron chi connectivity index (χ3n) is 5.29. The van der Waals surface area contributed by atoms with E-state index in [1.54, 1.807) is 23.1 Å². The van der Waals surface area contributed by atoms with Crippen molar-refractivity contribution >= 4 is 28.8 Å². The summed E-state index contributed by atoms with van der Waals surface area (Å²) in [6.45, 7) is 2.61. The van der Waals surface area contributed by atoms with E-state index in [1.165, 1.54) is 9.77 Å². The molecule has 2 aliphatic heterocycles. The van der Waals surface area contributed by atoms with Gasteiger partial charge in [0.25, 0.3) is 0 Å². The fourth-order valence-electron chi connectivity index (χ4n) is 3.93. The van der Waals surface area contributed by atoms with Crippen LogP contribution in [0.4, 0.5) is 0 Å². The Kier molecular flexibility index (Phi) is 4.97. The summed E-state index contributed by atoms with van der Waals surface area (Å²) in [5.41, 5.74) is 3.36. The first-order valence-corrected chi connectivity index (χ1v) is 11.8. The molecule has 3 heterocycles. The minimum absolute atomic E-state index is 0.140. The number of hydrogen-bond donors (Lipinski definition) is 0. The highest BCUT2D eigenvalue weighted by molar-refractivity contribution is 7.98. The number of ether oxygens (including phenoxy) is 2. The normalized spacial score (nSPS) is 19.9. The Balaban J connectivity index is 1.60. The molecular formula is C23H22N2O2S2. The average molecular weight is 423 g/mol. The lowest BCUT2D eigenvalue weighted by atomic mass is 9.97. The fourth-order valence-corrected chi connectivity index (χ4v) is 5.06. The Labute approximate surface area is 179 Å². The maximum Gasteiger partial charge on any atom is 0.214 e. The number of thiophene rings is 1. The van der Waals surface area contributed by atoms with Crippen molar-refractivity contribution in [2.75, 3.05) is 12.9 Å². The van der Waals surface area contributed by atoms with Gasteiger partial charge in [-0.25, -0.2) is 5.01 Å². The molecule has 5 rings (SSSR count). The number of nitrogens with zero attached hydrogens (tertiary/aromatic N) is 2. The van der Waals surface area contributed by atoms with Crippen molar-refractivity contribution in [2.24, 2.45) is 5.10 Å². The first-order valence-electron chi connectivity index (χ1n) is 9.74. The highest BCUT2D eigenvalue weighted by atomic mass is 32.2. The van der Waals surface area contributed by atoms with Gasteiger partial charge in [-0.1, -0.05) is 30.3 Å². The van der Waals surface area contributed by atoms with E-state index in [0.717, 1.165) is 34.8 Å². The average Bonchev–Trinajstić information content (AvgIpc) is 3.44. The molecule has 0 bridgehead atoms. The number of para-hydroxylation sites is 1. The Morgan fingerprint density at radius 1 is 1.17 bits per heavy atom. The van der Waals surface area contributed by atoms with Gasteiger partial charge < -0.3 is 9.47 Å². The van der Waals surface area contributed by atoms with E-state index in [0.29, 0.717) is 6.61 Å². The first-order chi connectivity index (χ1) is 14.3. The molecule has 2 aliphatic rings. The van der Waals surface area contributed by atoms with Crippen LogP contribution in [0.3, 0.4) is 0 Å². The highest BCUT2D eigenvalue weighted by Gasteiger charge is 2.42. The zero-order valence-electron chi connectivity index (χ0n) is 16.4. The second-order valence-electron chi connectivity index (χ2n) is 6.97. The van der Waals surface area contributed by atoms with Gasteiger partial charge in [0.1, 0.15) is 0 Å². The van der Waals surface area contributed by atoms with Crippen molar-refractivity contribution < 1.29 is 9.47 Å². The van der Waals surface area contributed by atoms with Crippen LogP contribution < -0.4 is 9.47 Å². The second-order valence-corrected chi connectivity index (χ2v) is 8.80. The van der Waals surface area contributed by atoms with Crippen LogP contribution >= 0.6 is 23.1 Å². The lowest BCUT2D eigenvalue weighted by Crippen LogP contribution is -2.33. The topological polar surface area (TPSA) is 34.1 Å². The molecule has 0 unspecified atom stereocenters. The van der Waals surface area contributed by atoms with Crippen LogP contribution in [-0.2, 0) is 0 Å². The summed E-state index contributed by atoms with van der Waals surface area (Å²) in [7, 11) is 0. The van der Waals surface area contributed by atoms with Gasteiger partial charge in [0.05, 0.1) is 23.2 Å². The zero-order valence-corrected chi connectivity index (χ0v) is 18.0. The van der Waals surface area contributed by atoms with Gasteiger partial charge in [-0.15, -0.1) is 23.1 Å². The van der Waals surface area contributed by atoms with Crippen LogP contribution in [-0.4, -0.2) is 23.6 Å². The summed E-state index contributed by atoms with van der Waals surface area (Å²) in [6.07, 6.45) is 2.68. The molecule has 0 aliphatic carbocycles. The Bertz CT molecular complexity index is 1030. The van der Waals surface area contributed by atoms with Gasteiger partial charge in [-0.3, -0.25) is 0 Å². The van der Waals surface area contributed by atoms with E-state index in [9.17, 15) is 0 Å². The van der Waals surface area contributed by atoms with E-state index >= 15 is 0 Å². The van der Waals surface area contributed by atoms with Crippen molar-refractivity contribution in [3.63, 3.8) is 0 Å². The Morgan fingerprint density at radius 3 is 2.76 bits per heavy atom. The van der Waals surface area contributed by atoms with Gasteiger partial charge >= 0.3 is 0 Å². The van der Waals surface area contributed by atoms with E-state index in [1.807, 2.05) is 19.1 Å². The lowest BCUT2D eigenvalue weighted by molar-refractivity contribution is -0.0212. The SMILES string of the molecule is CCOc1cccc2c1O[C@@H](c1ccc(SC)cc1)N1N=C(c3cccs3)C[C@@H]21. The minimum Gasteiger partial charge on any atom is -0.490 e. The molecule has 29 heavy (non-hydrogen) atoms. The standard InChI is InChI=1S/C23H22N2O2S2/c1-3-26-20-7-4-6-17-19-14-18(21-8-5-13-29-21)24-25(19)23(27-22(17)20)15-9-11-16(28-2)12-10-15/h4-13,19,23H,3,14H2,1-2H3/t19-,23-/m0/s1. The molecule has 0 spiro atoms. The molecule has 6 heteroatoms. The molecule has 0 saturated carbocycles. The molecule has 3 aromatic rings. The van der Waals surface area contributed by atoms with Crippen molar-refractivity contribution in [2.45, 2.75) is 30.5 Å². The molecular weight excluding hydrogens is 400 g/mol. The molecule has 0 fully saturated rings. The molecule has 4 nitrogen and oxygen atoms in total. The monoisotopic (exact) mass is 422 g/mol. The summed E-state index contributed by atoms with van der Waals surface area (Å²) in [6, 6.07) is 19.1. The molecule has 2 aromatic carbocycles. The largest absolute Gasteiger partial charge is 0.490 e. The van der Waals surface area contributed by atoms with Crippen LogP contribution in [0.1, 0.15) is 41.6 Å². The van der Waals surface area contributed by atoms with Crippen LogP contribution in [0.5, 0.6) is 11.5 Å². The van der Waals surface area contributed by atoms with Crippen molar-refractivity contribution in [1.29, 1.82) is 0 Å². The van der Waals surface area contributed by atoms with Crippen molar-refractivity contribution in [1.82, 2.24) is 5.01 Å². The van der Waals surface area contributed by atoms with Gasteiger partial charge in [0.2, 0.25) is 6.23 Å². The number of benzene rings is 2. The summed E-state index contributed by atoms with van der Waals surface area (Å²) >= 11 is 3.47. The Morgan fingerprint density at radius 2 is 2.03 bits per heavy atom. The predicted octanol–water partition coefficient (Wildman–Crippen LogP) is 6.11. The molecule has 148 valence electrons. The molecule has 0 N–H and O–H groups in total. The van der Waals surface area contributed by atoms with Crippen LogP contribution in [0.2, 0.25) is 0 Å². The van der Waals surface area contributed by atoms with E-state index in [-0.39, 0.29) is 12.3 Å². The molecule has 2 atom stereocenters. The number of thioether (sulfide) groups is 1. The summed E-state index contributed by atoms with van der Waals surface area (Å²) in [5, 5.41) is 9.25. The minimum atomic E-state index is -0.275. The first kappa shape index (κ1) is 18.6. The number of hydrazone groups is 1. The summed E-state index contributed by atoms with van der Waals surface area (Å²) in [5.74, 6) is 1.65. The van der Waals surface area contributed by atoms with Gasteiger partial charge in [0.15, 0.2) is 11.5 Å². The molecule has 0 saturated heterocycles.